The Balaban J connectivity index is 1.50. The quantitative estimate of drug-likeness (QED) is 0.100. The van der Waals surface area contributed by atoms with E-state index in [1.165, 1.54) is 0 Å². The number of benzene rings is 4. The van der Waals surface area contributed by atoms with Crippen molar-refractivity contribution in [2.45, 2.75) is 27.1 Å². The van der Waals surface area contributed by atoms with Crippen LogP contribution >= 0.6 is 8.07 Å². The van der Waals surface area contributed by atoms with Crippen LogP contribution in [0.4, 0.5) is 0 Å². The molecule has 0 saturated heterocycles. The lowest BCUT2D eigenvalue weighted by atomic mass is 10.2. The predicted molar refractivity (Wildman–Crippen MR) is 155 cm³/mol. The Kier molecular flexibility index (Phi) is 11.2. The summed E-state index contributed by atoms with van der Waals surface area (Å²) >= 11 is 0. The zero-order valence-electron chi connectivity index (χ0n) is 22.2. The van der Waals surface area contributed by atoms with Crippen LogP contribution < -0.4 is 20.1 Å². The minimum atomic E-state index is -0.913. The second-order valence-electron chi connectivity index (χ2n) is 8.58. The molecule has 0 aliphatic rings. The van der Waals surface area contributed by atoms with Crippen LogP contribution in [0, 0.1) is 0 Å². The molecule has 0 fully saturated rings. The Morgan fingerprint density at radius 3 is 1.34 bits per heavy atom. The molecule has 5 nitrogen and oxygen atoms in total. The van der Waals surface area contributed by atoms with Crippen molar-refractivity contribution in [2.75, 3.05) is 26.7 Å². The van der Waals surface area contributed by atoms with Crippen molar-refractivity contribution >= 4 is 18.7 Å². The van der Waals surface area contributed by atoms with E-state index < -0.39 is 8.07 Å². The summed E-state index contributed by atoms with van der Waals surface area (Å²) in [7, 11) is -0.913. The van der Waals surface area contributed by atoms with E-state index in [0.717, 1.165) is 46.3 Å². The molecule has 0 radical (unpaired) electrons. The zero-order valence-corrected chi connectivity index (χ0v) is 23.1. The highest BCUT2D eigenvalue weighted by atomic mass is 31.1. The first-order valence-corrected chi connectivity index (χ1v) is 14.3. The molecular formula is C32H36NO4P. The van der Waals surface area contributed by atoms with Gasteiger partial charge in [-0.3, -0.25) is 4.67 Å². The second-order valence-corrected chi connectivity index (χ2v) is 10.7. The number of para-hydroxylation sites is 2. The van der Waals surface area contributed by atoms with Gasteiger partial charge in [0.15, 0.2) is 13.6 Å². The lowest BCUT2D eigenvalue weighted by Crippen LogP contribution is -2.30. The summed E-state index contributed by atoms with van der Waals surface area (Å²) in [5.41, 5.74) is 2.24. The van der Waals surface area contributed by atoms with E-state index >= 15 is 0 Å². The molecule has 0 amide bonds. The Morgan fingerprint density at radius 2 is 0.921 bits per heavy atom. The van der Waals surface area contributed by atoms with Gasteiger partial charge >= 0.3 is 0 Å². The first-order chi connectivity index (χ1) is 18.8. The fourth-order valence-electron chi connectivity index (χ4n) is 4.13. The summed E-state index contributed by atoms with van der Waals surface area (Å²) in [6.07, 6.45) is 0. The normalized spacial score (nSPS) is 11.2. The van der Waals surface area contributed by atoms with Gasteiger partial charge < -0.3 is 18.9 Å². The van der Waals surface area contributed by atoms with Crippen molar-refractivity contribution in [3.63, 3.8) is 0 Å². The van der Waals surface area contributed by atoms with Gasteiger partial charge in [-0.15, -0.1) is 0 Å². The molecule has 0 saturated carbocycles. The topological polar surface area (TPSA) is 40.2 Å². The standard InChI is InChI=1S/C32H36NO4P/c1-3-33(4-2)38(31-21-13-11-19-29(31)36-25-34-23-27-15-7-5-8-16-27)32-22-14-12-20-30(32)37-26-35-24-28-17-9-6-10-18-28/h5-22H,3-4,23-26H2,1-2H3. The molecule has 0 aromatic heterocycles. The summed E-state index contributed by atoms with van der Waals surface area (Å²) in [6.45, 7) is 7.56. The molecule has 0 atom stereocenters. The number of hydrogen-bond donors (Lipinski definition) is 0. The molecule has 4 rings (SSSR count). The van der Waals surface area contributed by atoms with Gasteiger partial charge in [-0.2, -0.15) is 0 Å². The second kappa shape index (κ2) is 15.3. The molecule has 4 aromatic rings. The van der Waals surface area contributed by atoms with Crippen LogP contribution in [-0.2, 0) is 22.7 Å². The number of rotatable bonds is 15. The predicted octanol–water partition coefficient (Wildman–Crippen LogP) is 6.48. The molecule has 0 unspecified atom stereocenters. The molecule has 6 heteroatoms. The van der Waals surface area contributed by atoms with Crippen LogP contribution in [0.15, 0.2) is 109 Å². The van der Waals surface area contributed by atoms with Crippen molar-refractivity contribution in [1.82, 2.24) is 4.67 Å². The summed E-state index contributed by atoms with van der Waals surface area (Å²) in [4.78, 5) is 0. The third kappa shape index (κ3) is 7.89. The number of ether oxygens (including phenoxy) is 4. The van der Waals surface area contributed by atoms with Gasteiger partial charge in [0.1, 0.15) is 11.5 Å². The molecule has 0 N–H and O–H groups in total. The lowest BCUT2D eigenvalue weighted by Gasteiger charge is -2.32. The highest BCUT2D eigenvalue weighted by molar-refractivity contribution is 7.71. The monoisotopic (exact) mass is 529 g/mol. The van der Waals surface area contributed by atoms with Crippen molar-refractivity contribution in [2.24, 2.45) is 0 Å². The maximum atomic E-state index is 6.19. The maximum Gasteiger partial charge on any atom is 0.189 e. The summed E-state index contributed by atoms with van der Waals surface area (Å²) < 4.78 is 26.5. The third-order valence-corrected chi connectivity index (χ3v) is 8.80. The first kappa shape index (κ1) is 27.8. The molecule has 0 aliphatic heterocycles. The fraction of sp³-hybridized carbons (Fsp3) is 0.250. The maximum absolute atomic E-state index is 6.19. The molecule has 0 aliphatic carbocycles. The summed E-state index contributed by atoms with van der Waals surface area (Å²) in [5, 5.41) is 2.27. The van der Waals surface area contributed by atoms with Crippen molar-refractivity contribution in [3.05, 3.63) is 120 Å². The van der Waals surface area contributed by atoms with Crippen LogP contribution in [0.3, 0.4) is 0 Å². The summed E-state index contributed by atoms with van der Waals surface area (Å²) in [6, 6.07) is 36.7. The van der Waals surface area contributed by atoms with Gasteiger partial charge in [-0.05, 0) is 48.5 Å². The van der Waals surface area contributed by atoms with Gasteiger partial charge in [0, 0.05) is 18.7 Å². The SMILES string of the molecule is CCN(CC)P(c1ccccc1OCOCc1ccccc1)c1ccccc1OCOCc1ccccc1. The van der Waals surface area contributed by atoms with Gasteiger partial charge in [-0.1, -0.05) is 98.8 Å². The molecule has 38 heavy (non-hydrogen) atoms. The highest BCUT2D eigenvalue weighted by Gasteiger charge is 2.26. The number of nitrogens with zero attached hydrogens (tertiary/aromatic N) is 1. The highest BCUT2D eigenvalue weighted by Crippen LogP contribution is 2.43. The number of hydrogen-bond acceptors (Lipinski definition) is 5. The smallest absolute Gasteiger partial charge is 0.189 e. The summed E-state index contributed by atoms with van der Waals surface area (Å²) in [5.74, 6) is 1.66. The minimum absolute atomic E-state index is 0.179. The van der Waals surface area contributed by atoms with E-state index in [4.69, 9.17) is 18.9 Å². The van der Waals surface area contributed by atoms with E-state index in [1.54, 1.807) is 0 Å². The minimum Gasteiger partial charge on any atom is -0.467 e. The van der Waals surface area contributed by atoms with Gasteiger partial charge in [0.05, 0.1) is 13.2 Å². The van der Waals surface area contributed by atoms with Crippen molar-refractivity contribution < 1.29 is 18.9 Å². The van der Waals surface area contributed by atoms with E-state index in [1.807, 2.05) is 84.9 Å². The van der Waals surface area contributed by atoms with Crippen molar-refractivity contribution in [1.29, 1.82) is 0 Å². The van der Waals surface area contributed by atoms with E-state index in [2.05, 4.69) is 42.8 Å². The molecule has 4 aromatic carbocycles. The average molecular weight is 530 g/mol. The molecule has 0 spiro atoms. The fourth-order valence-corrected chi connectivity index (χ4v) is 6.71. The first-order valence-electron chi connectivity index (χ1n) is 13.0. The van der Waals surface area contributed by atoms with Gasteiger partial charge in [0.2, 0.25) is 0 Å². The molecule has 0 heterocycles. The van der Waals surface area contributed by atoms with Crippen LogP contribution in [-0.4, -0.2) is 31.3 Å². The Labute approximate surface area is 227 Å². The largest absolute Gasteiger partial charge is 0.467 e. The molecular weight excluding hydrogens is 493 g/mol. The zero-order chi connectivity index (χ0) is 26.4. The Bertz CT molecular complexity index is 1130. The lowest BCUT2D eigenvalue weighted by molar-refractivity contribution is 0.00561. The van der Waals surface area contributed by atoms with Gasteiger partial charge in [-0.25, -0.2) is 0 Å². The van der Waals surface area contributed by atoms with E-state index in [-0.39, 0.29) is 13.6 Å². The van der Waals surface area contributed by atoms with Crippen molar-refractivity contribution in [3.8, 4) is 11.5 Å². The Hall–Kier alpha value is -3.21. The average Bonchev–Trinajstić information content (AvgIpc) is 2.98. The molecule has 0 bridgehead atoms. The van der Waals surface area contributed by atoms with Crippen LogP contribution in [0.1, 0.15) is 25.0 Å². The van der Waals surface area contributed by atoms with Gasteiger partial charge in [0.25, 0.3) is 0 Å². The third-order valence-electron chi connectivity index (χ3n) is 6.02. The Morgan fingerprint density at radius 1 is 0.526 bits per heavy atom. The van der Waals surface area contributed by atoms with Crippen LogP contribution in [0.25, 0.3) is 0 Å². The molecule has 198 valence electrons. The van der Waals surface area contributed by atoms with Crippen LogP contribution in [0.2, 0.25) is 0 Å². The van der Waals surface area contributed by atoms with E-state index in [9.17, 15) is 0 Å². The van der Waals surface area contributed by atoms with E-state index in [0.29, 0.717) is 13.2 Å². The van der Waals surface area contributed by atoms with Crippen LogP contribution in [0.5, 0.6) is 11.5 Å².